The normalized spacial score (nSPS) is 18.5. The second-order valence-electron chi connectivity index (χ2n) is 5.56. The first-order valence-electron chi connectivity index (χ1n) is 7.97. The number of aliphatic carboxylic acids is 1. The van der Waals surface area contributed by atoms with E-state index in [4.69, 9.17) is 5.73 Å². The third kappa shape index (κ3) is 8.64. The van der Waals surface area contributed by atoms with Gasteiger partial charge in [0.1, 0.15) is 11.4 Å². The Balaban J connectivity index is 0.00000512. The monoisotopic (exact) mass is 540 g/mol. The Morgan fingerprint density at radius 1 is 1.42 bits per heavy atom. The van der Waals surface area contributed by atoms with Gasteiger partial charge in [0.15, 0.2) is 17.8 Å². The summed E-state index contributed by atoms with van der Waals surface area (Å²) in [6.07, 6.45) is 0. The van der Waals surface area contributed by atoms with E-state index in [1.165, 1.54) is 12.4 Å². The van der Waals surface area contributed by atoms with Crippen LogP contribution in [0.2, 0.25) is 0 Å². The molecular formula is C13H14N6Na2O9S3. The second kappa shape index (κ2) is 13.8. The van der Waals surface area contributed by atoms with Crippen LogP contribution in [0.3, 0.4) is 0 Å². The molecule has 2 atom stereocenters. The number of β-lactam (4-membered cyclic amide) rings is 1. The van der Waals surface area contributed by atoms with Crippen LogP contribution in [0.5, 0.6) is 0 Å². The number of anilines is 1. The number of nitrogens with two attached hydrogens (primary N) is 1. The third-order valence-corrected chi connectivity index (χ3v) is 6.13. The van der Waals surface area contributed by atoms with Crippen LogP contribution in [0.15, 0.2) is 15.5 Å². The molecule has 1 aliphatic heterocycles. The molecule has 170 valence electrons. The molecule has 1 aliphatic rings. The number of nitrogens with one attached hydrogen (secondary N) is 1. The van der Waals surface area contributed by atoms with E-state index in [2.05, 4.69) is 25.3 Å². The van der Waals surface area contributed by atoms with E-state index in [1.54, 1.807) is 0 Å². The molecular weight excluding hydrogens is 526 g/mol. The Hall–Kier alpha value is -0.960. The average Bonchev–Trinajstić information content (AvgIpc) is 3.10. The summed E-state index contributed by atoms with van der Waals surface area (Å²) in [4.78, 5) is 45.9. The van der Waals surface area contributed by atoms with Gasteiger partial charge in [-0.2, -0.15) is 8.42 Å². The molecule has 0 radical (unpaired) electrons. The largest absolute Gasteiger partial charge is 1.00 e. The van der Waals surface area contributed by atoms with Crippen LogP contribution in [0.4, 0.5) is 9.93 Å². The van der Waals surface area contributed by atoms with E-state index in [-0.39, 0.29) is 80.0 Å². The van der Waals surface area contributed by atoms with Crippen molar-refractivity contribution in [3.63, 3.8) is 0 Å². The fraction of sp³-hybridized carbons (Fsp3) is 0.385. The minimum Gasteiger partial charge on any atom is -0.857 e. The van der Waals surface area contributed by atoms with Gasteiger partial charge in [-0.25, -0.2) is 9.29 Å². The Labute approximate surface area is 239 Å². The van der Waals surface area contributed by atoms with Crippen LogP contribution < -0.4 is 80.4 Å². The van der Waals surface area contributed by atoms with Gasteiger partial charge in [-0.15, -0.1) is 11.3 Å². The molecule has 4 N–H and O–H groups in total. The molecule has 2 amide bonds. The van der Waals surface area contributed by atoms with Gasteiger partial charge in [-0.3, -0.25) is 19.1 Å². The van der Waals surface area contributed by atoms with Crippen LogP contribution in [0.25, 0.3) is 0 Å². The smallest absolute Gasteiger partial charge is 0.857 e. The van der Waals surface area contributed by atoms with Crippen LogP contribution in [0, 0.1) is 0 Å². The number of carbonyl (C=O) groups excluding carboxylic acids is 3. The van der Waals surface area contributed by atoms with Gasteiger partial charge in [-0.1, -0.05) is 16.9 Å². The number of aliphatic imine (C=N–C) groups is 1. The topological polar surface area (TPSA) is 240 Å². The van der Waals surface area contributed by atoms with Gasteiger partial charge < -0.3 is 30.9 Å². The molecule has 0 saturated carbocycles. The van der Waals surface area contributed by atoms with Gasteiger partial charge in [0.25, 0.3) is 11.1 Å². The fourth-order valence-corrected chi connectivity index (χ4v) is 4.56. The zero-order chi connectivity index (χ0) is 23.3. The van der Waals surface area contributed by atoms with Crippen molar-refractivity contribution >= 4 is 67.3 Å². The standard InChI is InChI=1S/C13H16N6O9S3.2Na/c1-15-13(24)30-4-6-9(11(23)19(6)31(25,26)27)17-10(22)8(18-28-2-7(20)21)5-3-29-12(14)16-5;;/h3,6,9H,2,4H2,1H3,(H2,14,16)(H,15,24)(H,17,22)(H,20,21)(H,25,26,27);;/q;2*+1/p-2/b18-8+;;/t6-,9+;;/m1../s1. The molecule has 2 heterocycles. The molecule has 20 heteroatoms. The summed E-state index contributed by atoms with van der Waals surface area (Å²) >= 11 is 1.51. The number of hydrogen-bond donors (Lipinski definition) is 3. The predicted octanol–water partition coefficient (Wildman–Crippen LogP) is -9.58. The van der Waals surface area contributed by atoms with Crippen molar-refractivity contribution < 1.29 is 102 Å². The van der Waals surface area contributed by atoms with Crippen LogP contribution in [-0.4, -0.2) is 82.5 Å². The van der Waals surface area contributed by atoms with Crippen molar-refractivity contribution in [1.29, 1.82) is 0 Å². The second-order valence-corrected chi connectivity index (χ2v) is 8.73. The first kappa shape index (κ1) is 32.0. The van der Waals surface area contributed by atoms with E-state index in [0.717, 1.165) is 11.3 Å². The first-order valence-corrected chi connectivity index (χ1v) is 11.2. The van der Waals surface area contributed by atoms with Crippen LogP contribution in [-0.2, 0) is 24.7 Å². The molecule has 1 saturated heterocycles. The molecule has 1 aromatic rings. The summed E-state index contributed by atoms with van der Waals surface area (Å²) in [6, 6.07) is -2.92. The Bertz CT molecular complexity index is 1050. The van der Waals surface area contributed by atoms with E-state index >= 15 is 0 Å². The van der Waals surface area contributed by atoms with Gasteiger partial charge in [0.05, 0.1) is 12.0 Å². The number of amides is 2. The molecule has 33 heavy (non-hydrogen) atoms. The molecule has 0 unspecified atom stereocenters. The maximum Gasteiger partial charge on any atom is 1.00 e. The SMILES string of the molecule is CNC(=O)SC[C@@H]1[C@H](N=C([O-])/C(=N/OCC(=O)[O-])c2csc(N)n2)C(=O)N1S(=O)(=O)O.[Na+].[Na+]. The zero-order valence-corrected chi connectivity index (χ0v) is 23.9. The Kier molecular flexibility index (Phi) is 13.4. The third-order valence-electron chi connectivity index (χ3n) is 3.54. The van der Waals surface area contributed by atoms with Crippen LogP contribution >= 0.6 is 23.1 Å². The van der Waals surface area contributed by atoms with E-state index < -0.39 is 57.7 Å². The number of aromatic nitrogens is 1. The number of carboxylic acids is 1. The number of hydrogen-bond acceptors (Lipinski definition) is 14. The van der Waals surface area contributed by atoms with Crippen LogP contribution in [0.1, 0.15) is 5.69 Å². The number of oxime groups is 1. The summed E-state index contributed by atoms with van der Waals surface area (Å²) in [5.41, 5.74) is 4.75. The van der Waals surface area contributed by atoms with Crippen molar-refractivity contribution in [2.45, 2.75) is 12.1 Å². The number of nitrogens with zero attached hydrogens (tertiary/aromatic N) is 4. The van der Waals surface area contributed by atoms with E-state index in [0.29, 0.717) is 11.8 Å². The number of nitrogen functional groups attached to an aromatic ring is 1. The average molecular weight is 540 g/mol. The Morgan fingerprint density at radius 3 is 2.55 bits per heavy atom. The maximum atomic E-state index is 12.6. The first-order chi connectivity index (χ1) is 14.5. The number of rotatable bonds is 9. The summed E-state index contributed by atoms with van der Waals surface area (Å²) in [6.45, 7) is -0.999. The molecule has 0 spiro atoms. The predicted molar refractivity (Wildman–Crippen MR) is 104 cm³/mol. The number of thioether (sulfide) groups is 1. The van der Waals surface area contributed by atoms with E-state index in [9.17, 15) is 37.6 Å². The molecule has 0 aliphatic carbocycles. The minimum absolute atomic E-state index is 0. The minimum atomic E-state index is -4.97. The van der Waals surface area contributed by atoms with Gasteiger partial charge in [-0.05, 0) is 0 Å². The quantitative estimate of drug-likeness (QED) is 0.0660. The molecule has 15 nitrogen and oxygen atoms in total. The van der Waals surface area contributed by atoms with Gasteiger partial charge >= 0.3 is 69.4 Å². The summed E-state index contributed by atoms with van der Waals surface area (Å²) < 4.78 is 32.2. The zero-order valence-electron chi connectivity index (χ0n) is 17.5. The molecule has 1 fully saturated rings. The van der Waals surface area contributed by atoms with Crippen molar-refractivity contribution in [3.05, 3.63) is 11.1 Å². The van der Waals surface area contributed by atoms with Gasteiger partial charge in [0.2, 0.25) is 0 Å². The summed E-state index contributed by atoms with van der Waals surface area (Å²) in [5.74, 6) is -4.36. The van der Waals surface area contributed by atoms with Crippen molar-refractivity contribution in [3.8, 4) is 0 Å². The van der Waals surface area contributed by atoms with E-state index in [1.807, 2.05) is 0 Å². The Morgan fingerprint density at radius 2 is 2.06 bits per heavy atom. The number of carbonyl (C=O) groups is 3. The van der Waals surface area contributed by atoms with Crippen molar-refractivity contribution in [1.82, 2.24) is 14.6 Å². The molecule has 0 aromatic carbocycles. The van der Waals surface area contributed by atoms with Gasteiger partial charge in [0, 0.05) is 24.1 Å². The van der Waals surface area contributed by atoms with Crippen molar-refractivity contribution in [2.75, 3.05) is 25.1 Å². The molecule has 0 bridgehead atoms. The number of thiazole rings is 1. The molecule has 1 aromatic heterocycles. The summed E-state index contributed by atoms with van der Waals surface area (Å²) in [7, 11) is -3.65. The summed E-state index contributed by atoms with van der Waals surface area (Å²) in [5, 5.41) is 29.4. The van der Waals surface area contributed by atoms with Crippen molar-refractivity contribution in [2.24, 2.45) is 10.1 Å². The molecule has 2 rings (SSSR count). The maximum absolute atomic E-state index is 12.6. The fourth-order valence-electron chi connectivity index (χ4n) is 2.25. The number of carboxylic acid groups (broad SMARTS) is 1.